The van der Waals surface area contributed by atoms with Crippen LogP contribution < -0.4 is 42.5 Å². The summed E-state index contributed by atoms with van der Waals surface area (Å²) >= 11 is 5.42. The summed E-state index contributed by atoms with van der Waals surface area (Å²) in [5.74, 6) is -3.96. The molecule has 1 aliphatic carbocycles. The largest absolute Gasteiger partial charge is 0.444 e. The Morgan fingerprint density at radius 2 is 0.857 bits per heavy atom. The minimum absolute atomic E-state index is 0.0481. The van der Waals surface area contributed by atoms with Crippen LogP contribution in [0.1, 0.15) is 76.2 Å². The van der Waals surface area contributed by atoms with Crippen molar-refractivity contribution in [1.29, 1.82) is 0 Å². The smallest absolute Gasteiger partial charge is 0.407 e. The Hall–Kier alpha value is -2.91. The van der Waals surface area contributed by atoms with Crippen LogP contribution >= 0.6 is 67.8 Å². The zero-order valence-electron chi connectivity index (χ0n) is 33.5. The van der Waals surface area contributed by atoms with Gasteiger partial charge in [-0.05, 0) is 84.9 Å². The van der Waals surface area contributed by atoms with Crippen molar-refractivity contribution >= 4 is 116 Å². The van der Waals surface area contributed by atoms with Gasteiger partial charge >= 0.3 is 18.3 Å². The maximum absolute atomic E-state index is 14.7. The second-order valence-corrected chi connectivity index (χ2v) is 19.1. The fourth-order valence-electron chi connectivity index (χ4n) is 5.09. The van der Waals surface area contributed by atoms with Gasteiger partial charge in [-0.1, -0.05) is 45.2 Å². The molecule has 0 radical (unpaired) electrons. The summed E-state index contributed by atoms with van der Waals surface area (Å²) < 4.78 is 13.3. The summed E-state index contributed by atoms with van der Waals surface area (Å²) in [6.07, 6.45) is -2.22. The molecule has 0 saturated heterocycles. The summed E-state index contributed by atoms with van der Waals surface area (Å²) in [5, 5.41) is 21.0. The number of hydrogen-bond donors (Lipinski definition) is 8. The zero-order chi connectivity index (χ0) is 43.4. The van der Waals surface area contributed by atoms with Crippen molar-refractivity contribution in [1.82, 2.24) is 42.5 Å². The topological polar surface area (TPSA) is 260 Å². The van der Waals surface area contributed by atoms with E-state index in [4.69, 9.17) is 14.2 Å². The van der Waals surface area contributed by atoms with Gasteiger partial charge in [0.25, 0.3) is 0 Å². The first kappa shape index (κ1) is 51.1. The van der Waals surface area contributed by atoms with Gasteiger partial charge in [0, 0.05) is 62.3 Å². The van der Waals surface area contributed by atoms with E-state index in [2.05, 4.69) is 42.5 Å². The van der Waals surface area contributed by atoms with Gasteiger partial charge < -0.3 is 56.7 Å². The molecular weight excluding hydrogens is 1080 g/mol. The molecule has 8 amide bonds. The van der Waals surface area contributed by atoms with Gasteiger partial charge in [-0.15, -0.1) is 0 Å². The highest BCUT2D eigenvalue weighted by molar-refractivity contribution is 14.1. The Bertz CT molecular complexity index is 1470. The van der Waals surface area contributed by atoms with E-state index in [9.17, 15) is 38.4 Å². The molecule has 2 atom stereocenters. The van der Waals surface area contributed by atoms with Gasteiger partial charge in [0.05, 0.1) is 7.85 Å². The van der Waals surface area contributed by atoms with Crippen LogP contribution in [0.25, 0.3) is 0 Å². The summed E-state index contributed by atoms with van der Waals surface area (Å²) in [5.41, 5.74) is -6.76. The first-order chi connectivity index (χ1) is 25.5. The lowest BCUT2D eigenvalue weighted by molar-refractivity contribution is -0.143. The number of carbonyl (C=O) groups excluding carboxylic acids is 8. The van der Waals surface area contributed by atoms with Crippen LogP contribution in [0.5, 0.6) is 0 Å². The van der Waals surface area contributed by atoms with Gasteiger partial charge in [-0.2, -0.15) is 0 Å². The van der Waals surface area contributed by atoms with Gasteiger partial charge in [-0.3, -0.25) is 24.0 Å². The molecule has 19 nitrogen and oxygen atoms in total. The number of nitrogens with one attached hydrogen (secondary N) is 8. The number of carbonyl (C=O) groups is 8. The maximum atomic E-state index is 14.7. The third-order valence-electron chi connectivity index (χ3n) is 6.98. The van der Waals surface area contributed by atoms with E-state index in [0.29, 0.717) is 0 Å². The lowest BCUT2D eigenvalue weighted by Gasteiger charge is -2.53. The molecule has 0 saturated carbocycles. The Morgan fingerprint density at radius 3 is 1.16 bits per heavy atom. The number of halogens is 3. The van der Waals surface area contributed by atoms with Crippen LogP contribution in [0.2, 0.25) is 0 Å². The van der Waals surface area contributed by atoms with E-state index < -0.39 is 83.5 Å². The zero-order valence-corrected chi connectivity index (χ0v) is 40.0. The highest BCUT2D eigenvalue weighted by atomic mass is 127. The van der Waals surface area contributed by atoms with Gasteiger partial charge in [0.15, 0.2) is 5.41 Å². The summed E-state index contributed by atoms with van der Waals surface area (Å²) in [6.45, 7) is 16.7. The van der Waals surface area contributed by atoms with Crippen molar-refractivity contribution in [3.05, 3.63) is 9.15 Å². The minimum Gasteiger partial charge on any atom is -0.444 e. The third-order valence-corrected chi connectivity index (χ3v) is 11.9. The molecule has 22 heteroatoms. The van der Waals surface area contributed by atoms with Crippen LogP contribution in [0.3, 0.4) is 0 Å². The Morgan fingerprint density at radius 1 is 0.554 bits per heavy atom. The van der Waals surface area contributed by atoms with Crippen molar-refractivity contribution in [2.24, 2.45) is 5.41 Å². The highest BCUT2D eigenvalue weighted by Gasteiger charge is 2.68. The van der Waals surface area contributed by atoms with E-state index in [0.717, 1.165) is 0 Å². The highest BCUT2D eigenvalue weighted by Crippen LogP contribution is 2.54. The molecule has 56 heavy (non-hydrogen) atoms. The van der Waals surface area contributed by atoms with Crippen molar-refractivity contribution in [3.63, 3.8) is 0 Å². The lowest BCUT2D eigenvalue weighted by atomic mass is 9.68. The Balaban J connectivity index is 3.80. The minimum atomic E-state index is -2.34. The molecular formula is C34H55I3N8O11. The first-order valence-corrected chi connectivity index (χ1v) is 21.1. The van der Waals surface area contributed by atoms with Gasteiger partial charge in [0.2, 0.25) is 29.5 Å². The number of alkyl halides is 2. The second-order valence-electron chi connectivity index (χ2n) is 15.5. The van der Waals surface area contributed by atoms with E-state index >= 15 is 0 Å². The molecule has 0 aromatic carbocycles. The normalized spacial score (nSPS) is 17.6. The molecule has 318 valence electrons. The molecule has 0 spiro atoms. The van der Waals surface area contributed by atoms with Crippen molar-refractivity contribution in [2.75, 3.05) is 39.3 Å². The predicted octanol–water partition coefficient (Wildman–Crippen LogP) is 2.17. The molecule has 0 aromatic rings. The molecule has 1 aliphatic rings. The van der Waals surface area contributed by atoms with Crippen molar-refractivity contribution in [3.8, 4) is 0 Å². The number of rotatable bonds is 14. The average molecular weight is 1130 g/mol. The van der Waals surface area contributed by atoms with Gasteiger partial charge in [0.1, 0.15) is 22.5 Å². The standard InChI is InChI=1S/C34H55I3N8O11/c1-18(46)44-34(45-19(2)47)22(36)20(23(48)38-12-15-41-27(51)54-30(3,4)5)21(35)33(24(34)37,25(49)39-13-16-42-28(52)55-31(6,7)8)26(50)40-14-17-43-29(53)56-32(9,10)11/h22,24H,12-17H2,1-11H3,(H,38,48)(H,39,49)(H,40,50)(H,41,51)(H,42,52)(H,43,53)(H,44,46)(H,45,47). The summed E-state index contributed by atoms with van der Waals surface area (Å²) in [6, 6.07) is 0. The van der Waals surface area contributed by atoms with Crippen LogP contribution in [-0.2, 0) is 38.2 Å². The van der Waals surface area contributed by atoms with E-state index in [1.54, 1.807) is 107 Å². The second kappa shape index (κ2) is 21.2. The van der Waals surface area contributed by atoms with Crippen LogP contribution in [-0.4, -0.2) is 117 Å². The van der Waals surface area contributed by atoms with Crippen molar-refractivity contribution in [2.45, 2.75) is 106 Å². The summed E-state index contributed by atoms with van der Waals surface area (Å²) in [4.78, 5) is 106. The molecule has 0 aromatic heterocycles. The number of hydrogen-bond acceptors (Lipinski definition) is 11. The molecule has 1 rings (SSSR count). The molecule has 0 heterocycles. The molecule has 0 bridgehead atoms. The monoisotopic (exact) mass is 1130 g/mol. The SMILES string of the molecule is CC(=O)NC1(NC(C)=O)C(I)C(C(=O)NCCNC(=O)OC(C)(C)C)=C(I)C(C(=O)NCCNC(=O)OC(C)(C)C)(C(=O)NCCNC(=O)OC(C)(C)C)C1I. The number of amides is 8. The predicted molar refractivity (Wildman–Crippen MR) is 231 cm³/mol. The molecule has 8 N–H and O–H groups in total. The molecule has 0 fully saturated rings. The number of ether oxygens (including phenoxy) is 3. The van der Waals surface area contributed by atoms with Crippen molar-refractivity contribution < 1.29 is 52.6 Å². The van der Waals surface area contributed by atoms with Gasteiger partial charge in [-0.25, -0.2) is 14.4 Å². The lowest BCUT2D eigenvalue weighted by Crippen LogP contribution is -2.78. The van der Waals surface area contributed by atoms with E-state index in [1.807, 2.05) is 22.6 Å². The van der Waals surface area contributed by atoms with E-state index in [-0.39, 0.29) is 48.4 Å². The summed E-state index contributed by atoms with van der Waals surface area (Å²) in [7, 11) is 0. The van der Waals surface area contributed by atoms with Crippen LogP contribution in [0.4, 0.5) is 14.4 Å². The molecule has 2 unspecified atom stereocenters. The third kappa shape index (κ3) is 15.4. The fourth-order valence-corrected chi connectivity index (χ4v) is 11.1. The average Bonchev–Trinajstić information content (AvgIpc) is 3.00. The molecule has 0 aliphatic heterocycles. The van der Waals surface area contributed by atoms with Crippen LogP contribution in [0.15, 0.2) is 9.15 Å². The Kier molecular flexibility index (Phi) is 19.3. The van der Waals surface area contributed by atoms with E-state index in [1.165, 1.54) is 13.8 Å². The quantitative estimate of drug-likeness (QED) is 0.0312. The first-order valence-electron chi connectivity index (χ1n) is 17.5. The van der Waals surface area contributed by atoms with Crippen LogP contribution in [0, 0.1) is 5.41 Å². The fraction of sp³-hybridized carbons (Fsp3) is 0.706. The number of alkyl carbamates (subject to hydrolysis) is 3. The Labute approximate surface area is 368 Å². The maximum Gasteiger partial charge on any atom is 0.407 e.